The van der Waals surface area contributed by atoms with Gasteiger partial charge in [-0.3, -0.25) is 9.79 Å². The van der Waals surface area contributed by atoms with E-state index in [0.717, 1.165) is 27.0 Å². The van der Waals surface area contributed by atoms with Crippen molar-refractivity contribution in [2.75, 3.05) is 11.9 Å². The summed E-state index contributed by atoms with van der Waals surface area (Å²) in [5.41, 5.74) is 3.16. The lowest BCUT2D eigenvalue weighted by Gasteiger charge is -2.10. The molecule has 0 unspecified atom stereocenters. The molecule has 3 rings (SSSR count). The number of para-hydroxylation sites is 1. The van der Waals surface area contributed by atoms with Crippen molar-refractivity contribution in [3.05, 3.63) is 87.4 Å². The van der Waals surface area contributed by atoms with Crippen LogP contribution in [-0.4, -0.2) is 18.7 Å². The van der Waals surface area contributed by atoms with Gasteiger partial charge in [0.05, 0.1) is 5.69 Å². The number of ether oxygens (including phenoxy) is 1. The van der Waals surface area contributed by atoms with Gasteiger partial charge in [0, 0.05) is 27.0 Å². The zero-order valence-electron chi connectivity index (χ0n) is 15.2. The topological polar surface area (TPSA) is 50.7 Å². The number of hydrogen-bond acceptors (Lipinski definition) is 3. The van der Waals surface area contributed by atoms with E-state index in [9.17, 15) is 4.79 Å². The second kappa shape index (κ2) is 9.53. The summed E-state index contributed by atoms with van der Waals surface area (Å²) in [6.45, 7) is 1.81. The minimum Gasteiger partial charge on any atom is -0.483 e. The summed E-state index contributed by atoms with van der Waals surface area (Å²) < 4.78 is 6.61. The third-order valence-corrected chi connectivity index (χ3v) is 4.87. The Balaban J connectivity index is 1.73. The zero-order chi connectivity index (χ0) is 19.9. The van der Waals surface area contributed by atoms with Gasteiger partial charge in [-0.2, -0.15) is 0 Å². The first-order chi connectivity index (χ1) is 13.5. The Kier molecular flexibility index (Phi) is 6.85. The van der Waals surface area contributed by atoms with Gasteiger partial charge in [0.1, 0.15) is 5.75 Å². The molecule has 0 atom stereocenters. The molecule has 0 saturated carbocycles. The summed E-state index contributed by atoms with van der Waals surface area (Å²) in [5.74, 6) is 0.331. The highest BCUT2D eigenvalue weighted by atomic mass is 79.9. The van der Waals surface area contributed by atoms with Crippen LogP contribution in [0.1, 0.15) is 11.1 Å². The smallest absolute Gasteiger partial charge is 0.262 e. The van der Waals surface area contributed by atoms with E-state index < -0.39 is 0 Å². The molecular weight excluding hydrogens is 440 g/mol. The Morgan fingerprint density at radius 1 is 1.14 bits per heavy atom. The molecule has 6 heteroatoms. The molecule has 0 saturated heterocycles. The van der Waals surface area contributed by atoms with Crippen LogP contribution in [-0.2, 0) is 4.79 Å². The summed E-state index contributed by atoms with van der Waals surface area (Å²) in [4.78, 5) is 16.7. The van der Waals surface area contributed by atoms with Crippen molar-refractivity contribution in [1.82, 2.24) is 0 Å². The van der Waals surface area contributed by atoms with Crippen molar-refractivity contribution in [3.8, 4) is 5.75 Å². The Hall–Kier alpha value is -2.63. The number of carbonyl (C=O) groups is 1. The first-order valence-electron chi connectivity index (χ1n) is 8.59. The molecule has 0 aliphatic carbocycles. The molecule has 28 heavy (non-hydrogen) atoms. The maximum atomic E-state index is 12.1. The largest absolute Gasteiger partial charge is 0.483 e. The van der Waals surface area contributed by atoms with Crippen molar-refractivity contribution < 1.29 is 9.53 Å². The highest BCUT2D eigenvalue weighted by molar-refractivity contribution is 9.10. The van der Waals surface area contributed by atoms with Crippen LogP contribution in [0.4, 0.5) is 11.4 Å². The van der Waals surface area contributed by atoms with Gasteiger partial charge in [-0.15, -0.1) is 0 Å². The molecular formula is C22H18BrClN2O2. The maximum absolute atomic E-state index is 12.1. The molecule has 3 aromatic carbocycles. The predicted octanol–water partition coefficient (Wildman–Crippen LogP) is 6.18. The number of halogens is 2. The normalized spacial score (nSPS) is 10.8. The lowest BCUT2D eigenvalue weighted by molar-refractivity contribution is -0.118. The molecule has 0 radical (unpaired) electrons. The zero-order valence-corrected chi connectivity index (χ0v) is 17.5. The Labute approximate surface area is 177 Å². The fourth-order valence-electron chi connectivity index (χ4n) is 2.49. The van der Waals surface area contributed by atoms with Crippen molar-refractivity contribution >= 4 is 51.0 Å². The second-order valence-corrected chi connectivity index (χ2v) is 7.35. The van der Waals surface area contributed by atoms with Gasteiger partial charge >= 0.3 is 0 Å². The van der Waals surface area contributed by atoms with Crippen molar-refractivity contribution in [2.45, 2.75) is 6.92 Å². The number of nitrogens with zero attached hydrogens (tertiary/aromatic N) is 1. The molecule has 0 aliphatic heterocycles. The highest BCUT2D eigenvalue weighted by Gasteiger charge is 2.08. The Morgan fingerprint density at radius 3 is 2.71 bits per heavy atom. The molecule has 0 fully saturated rings. The summed E-state index contributed by atoms with van der Waals surface area (Å²) in [5, 5.41) is 3.46. The highest BCUT2D eigenvalue weighted by Crippen LogP contribution is 2.27. The van der Waals surface area contributed by atoms with E-state index in [1.807, 2.05) is 67.6 Å². The van der Waals surface area contributed by atoms with Crippen LogP contribution in [0.2, 0.25) is 5.02 Å². The monoisotopic (exact) mass is 456 g/mol. The predicted molar refractivity (Wildman–Crippen MR) is 118 cm³/mol. The second-order valence-electron chi connectivity index (χ2n) is 6.03. The number of nitrogens with one attached hydrogen (secondary N) is 1. The van der Waals surface area contributed by atoms with E-state index in [-0.39, 0.29) is 12.5 Å². The minimum atomic E-state index is -0.234. The van der Waals surface area contributed by atoms with Gasteiger partial charge in [-0.25, -0.2) is 0 Å². The van der Waals surface area contributed by atoms with Crippen LogP contribution < -0.4 is 10.1 Å². The number of aliphatic imine (C=N–C) groups is 1. The quantitative estimate of drug-likeness (QED) is 0.449. The summed E-state index contributed by atoms with van der Waals surface area (Å²) in [6, 6.07) is 20.4. The number of amides is 1. The van der Waals surface area contributed by atoms with Crippen molar-refractivity contribution in [2.24, 2.45) is 4.99 Å². The van der Waals surface area contributed by atoms with Crippen molar-refractivity contribution in [1.29, 1.82) is 0 Å². The molecule has 1 amide bonds. The maximum Gasteiger partial charge on any atom is 0.262 e. The van der Waals surface area contributed by atoms with Gasteiger partial charge in [0.25, 0.3) is 5.91 Å². The lowest BCUT2D eigenvalue weighted by Crippen LogP contribution is -2.20. The van der Waals surface area contributed by atoms with E-state index in [2.05, 4.69) is 26.2 Å². The van der Waals surface area contributed by atoms with E-state index in [0.29, 0.717) is 10.8 Å². The lowest BCUT2D eigenvalue weighted by atomic mass is 10.2. The van der Waals surface area contributed by atoms with Gasteiger partial charge in [0.15, 0.2) is 6.61 Å². The molecule has 4 nitrogen and oxygen atoms in total. The molecule has 142 valence electrons. The number of rotatable bonds is 6. The van der Waals surface area contributed by atoms with Crippen LogP contribution in [0.3, 0.4) is 0 Å². The Morgan fingerprint density at radius 2 is 1.93 bits per heavy atom. The number of benzene rings is 3. The molecule has 0 bridgehead atoms. The number of carbonyl (C=O) groups excluding carboxylic acids is 1. The third kappa shape index (κ3) is 5.44. The van der Waals surface area contributed by atoms with Gasteiger partial charge in [-0.1, -0.05) is 51.8 Å². The van der Waals surface area contributed by atoms with E-state index in [4.69, 9.17) is 16.3 Å². The molecule has 0 heterocycles. The molecule has 0 aromatic heterocycles. The molecule has 0 spiro atoms. The van der Waals surface area contributed by atoms with E-state index in [1.54, 1.807) is 12.3 Å². The standard InChI is InChI=1S/C22H18BrClN2O2/c1-15-19(24)8-5-9-20(15)25-13-16-12-17(23)10-11-21(16)28-14-22(27)26-18-6-3-2-4-7-18/h2-13H,14H2,1H3,(H,26,27). The fourth-order valence-corrected chi connectivity index (χ4v) is 3.04. The first-order valence-corrected chi connectivity index (χ1v) is 9.76. The van der Waals surface area contributed by atoms with E-state index in [1.165, 1.54) is 0 Å². The minimum absolute atomic E-state index is 0.104. The number of hydrogen-bond donors (Lipinski definition) is 1. The van der Waals surface area contributed by atoms with Crippen LogP contribution in [0, 0.1) is 6.92 Å². The summed E-state index contributed by atoms with van der Waals surface area (Å²) >= 11 is 9.61. The van der Waals surface area contributed by atoms with Crippen LogP contribution in [0.15, 0.2) is 76.2 Å². The first kappa shape index (κ1) is 20.1. The van der Waals surface area contributed by atoms with Gasteiger partial charge in [-0.05, 0) is 55.0 Å². The molecule has 1 N–H and O–H groups in total. The molecule has 3 aromatic rings. The average Bonchev–Trinajstić information content (AvgIpc) is 2.69. The van der Waals surface area contributed by atoms with Crippen LogP contribution in [0.25, 0.3) is 0 Å². The fraction of sp³-hybridized carbons (Fsp3) is 0.0909. The third-order valence-electron chi connectivity index (χ3n) is 3.97. The van der Waals surface area contributed by atoms with Crippen LogP contribution >= 0.6 is 27.5 Å². The van der Waals surface area contributed by atoms with Gasteiger partial charge < -0.3 is 10.1 Å². The van der Waals surface area contributed by atoms with Crippen LogP contribution in [0.5, 0.6) is 5.75 Å². The average molecular weight is 458 g/mol. The Bertz CT molecular complexity index is 1010. The number of anilines is 1. The summed E-state index contributed by atoms with van der Waals surface area (Å²) in [7, 11) is 0. The van der Waals surface area contributed by atoms with Gasteiger partial charge in [0.2, 0.25) is 0 Å². The molecule has 0 aliphatic rings. The SMILES string of the molecule is Cc1c(Cl)cccc1N=Cc1cc(Br)ccc1OCC(=O)Nc1ccccc1. The van der Waals surface area contributed by atoms with E-state index >= 15 is 0 Å². The summed E-state index contributed by atoms with van der Waals surface area (Å²) in [6.07, 6.45) is 1.70. The van der Waals surface area contributed by atoms with Crippen molar-refractivity contribution in [3.63, 3.8) is 0 Å².